The van der Waals surface area contributed by atoms with E-state index in [2.05, 4.69) is 5.32 Å². The van der Waals surface area contributed by atoms with Crippen LogP contribution in [-0.4, -0.2) is 86.3 Å². The highest BCUT2D eigenvalue weighted by Gasteiger charge is 2.69. The molecule has 11 nitrogen and oxygen atoms in total. The fraction of sp³-hybridized carbons (Fsp3) is 0.500. The summed E-state index contributed by atoms with van der Waals surface area (Å²) in [5.41, 5.74) is -1.67. The number of carbonyl (C=O) groups is 2. The number of phenolic OH excluding ortho intramolecular Hbond substituents is 1. The Bertz CT molecular complexity index is 1050. The number of aromatic hydroxyl groups is 1. The Morgan fingerprint density at radius 2 is 1.97 bits per heavy atom. The van der Waals surface area contributed by atoms with Gasteiger partial charge in [-0.1, -0.05) is 39.8 Å². The quantitative estimate of drug-likeness (QED) is 0.273. The number of phenols is 1. The highest BCUT2D eigenvalue weighted by molar-refractivity contribution is 8.77. The van der Waals surface area contributed by atoms with Gasteiger partial charge in [0.05, 0.1) is 19.5 Å². The van der Waals surface area contributed by atoms with Crippen LogP contribution in [0.2, 0.25) is 0 Å². The van der Waals surface area contributed by atoms with Crippen LogP contribution in [0, 0.1) is 0 Å². The van der Waals surface area contributed by atoms with E-state index in [0.717, 1.165) is 26.7 Å². The van der Waals surface area contributed by atoms with E-state index in [0.29, 0.717) is 11.3 Å². The molecule has 5 N–H and O–H groups in total. The van der Waals surface area contributed by atoms with Gasteiger partial charge in [-0.05, 0) is 6.07 Å². The zero-order valence-electron chi connectivity index (χ0n) is 17.5. The molecule has 4 aliphatic heterocycles. The predicted octanol–water partition coefficient (Wildman–Crippen LogP) is -0.405. The lowest BCUT2D eigenvalue weighted by molar-refractivity contribution is -0.326. The second kappa shape index (κ2) is 7.68. The first-order valence-electron chi connectivity index (χ1n) is 10.0. The van der Waals surface area contributed by atoms with Gasteiger partial charge in [-0.25, -0.2) is 0 Å². The fourth-order valence-electron chi connectivity index (χ4n) is 4.69. The van der Waals surface area contributed by atoms with Gasteiger partial charge in [-0.15, -0.1) is 0 Å². The van der Waals surface area contributed by atoms with Crippen LogP contribution in [-0.2, 0) is 14.4 Å². The van der Waals surface area contributed by atoms with Crippen molar-refractivity contribution in [3.63, 3.8) is 0 Å². The number of piperazine rings is 1. The van der Waals surface area contributed by atoms with Crippen LogP contribution in [0.1, 0.15) is 17.2 Å². The van der Waals surface area contributed by atoms with Crippen LogP contribution >= 0.6 is 21.6 Å². The third-order valence-corrected chi connectivity index (χ3v) is 9.77. The molecule has 0 aromatic heterocycles. The van der Waals surface area contributed by atoms with E-state index < -0.39 is 51.9 Å². The number of nitrogens with one attached hydrogen (secondary N) is 1. The fourth-order valence-corrected chi connectivity index (χ4v) is 8.21. The summed E-state index contributed by atoms with van der Waals surface area (Å²) >= 11 is 0. The predicted molar refractivity (Wildman–Crippen MR) is 116 cm³/mol. The maximum absolute atomic E-state index is 13.5. The average molecular weight is 499 g/mol. The highest BCUT2D eigenvalue weighted by atomic mass is 33.1. The van der Waals surface area contributed by atoms with Crippen molar-refractivity contribution < 1.29 is 44.3 Å². The van der Waals surface area contributed by atoms with Crippen molar-refractivity contribution in [2.24, 2.45) is 0 Å². The van der Waals surface area contributed by atoms with E-state index in [1.54, 1.807) is 12.1 Å². The molecule has 0 unspecified atom stereocenters. The molecule has 5 aliphatic rings. The molecule has 1 aromatic rings. The number of ether oxygens (including phenoxy) is 2. The molecule has 2 amide bonds. The minimum absolute atomic E-state index is 0.0861. The van der Waals surface area contributed by atoms with Gasteiger partial charge in [-0.3, -0.25) is 14.4 Å². The van der Waals surface area contributed by atoms with Gasteiger partial charge in [0.2, 0.25) is 10.6 Å². The Morgan fingerprint density at radius 3 is 2.67 bits per heavy atom. The number of aliphatic hydroxyl groups excluding tert-OH is 2. The summed E-state index contributed by atoms with van der Waals surface area (Å²) in [5.74, 6) is -1.05. The number of rotatable bonds is 3. The molecule has 33 heavy (non-hydrogen) atoms. The molecular formula is C20H22N2O9S2. The minimum Gasteiger partial charge on any atom is -0.504 e. The van der Waals surface area contributed by atoms with Crippen molar-refractivity contribution in [2.75, 3.05) is 14.2 Å². The highest BCUT2D eigenvalue weighted by Crippen LogP contribution is 2.61. The molecule has 0 saturated carbocycles. The van der Waals surface area contributed by atoms with Crippen LogP contribution in [0.25, 0.3) is 0 Å². The minimum atomic E-state index is -2.01. The van der Waals surface area contributed by atoms with Gasteiger partial charge in [0.1, 0.15) is 30.0 Å². The van der Waals surface area contributed by atoms with Crippen molar-refractivity contribution >= 4 is 33.4 Å². The van der Waals surface area contributed by atoms with Crippen molar-refractivity contribution in [2.45, 2.75) is 46.5 Å². The Kier molecular flexibility index (Phi) is 5.27. The van der Waals surface area contributed by atoms with Crippen molar-refractivity contribution in [3.05, 3.63) is 29.8 Å². The maximum Gasteiger partial charge on any atom is 0.272 e. The third kappa shape index (κ3) is 3.00. The number of fused-ring (bicyclic) bond motifs is 4. The Balaban J connectivity index is 1.58. The molecule has 4 heterocycles. The molecule has 2 bridgehead atoms. The monoisotopic (exact) mass is 498 g/mol. The number of aliphatic hydroxyl groups is 3. The van der Waals surface area contributed by atoms with Gasteiger partial charge in [-0.2, -0.15) is 5.06 Å². The Labute approximate surface area is 196 Å². The lowest BCUT2D eigenvalue weighted by Gasteiger charge is -2.56. The number of amides is 2. The topological polar surface area (TPSA) is 158 Å². The van der Waals surface area contributed by atoms with E-state index in [-0.39, 0.29) is 17.9 Å². The molecule has 1 aromatic carbocycles. The molecule has 13 heteroatoms. The van der Waals surface area contributed by atoms with Crippen LogP contribution in [0.4, 0.5) is 0 Å². The SMILES string of the molecule is COc1ccc([C@H]2SS[C@@]34C[C@]5(O)[C@@H](O)C=C[C@@H](O)[C@@H]5ON3C(=O)[C@@H]2NC4=O)c(O)c1OC. The normalized spacial score (nSPS) is 39.4. The standard InChI is InChI=1S/C20H22N2O9S2/c1-29-10-5-3-8(13(25)14(10)30-2)15-12-17(26)22-20(33-32-15,18(27)21-12)7-19(28)11(24)6-4-9(23)16(19)31-22/h3-6,9,11-12,15-16,23-25,28H,7H2,1-2H3,(H,21,27)/t9-,11+,12-,15-,16+,19+,20-/m1/s1. The first-order chi connectivity index (χ1) is 15.7. The van der Waals surface area contributed by atoms with Gasteiger partial charge in [0, 0.05) is 12.0 Å². The number of nitrogens with zero attached hydrogens (tertiary/aromatic N) is 1. The summed E-state index contributed by atoms with van der Waals surface area (Å²) in [6, 6.07) is 2.05. The molecule has 4 saturated heterocycles. The number of carbonyl (C=O) groups excluding carboxylic acids is 2. The van der Waals surface area contributed by atoms with Gasteiger partial charge in [0.25, 0.3) is 11.8 Å². The van der Waals surface area contributed by atoms with Gasteiger partial charge >= 0.3 is 0 Å². The van der Waals surface area contributed by atoms with Gasteiger partial charge in [0.15, 0.2) is 11.5 Å². The van der Waals surface area contributed by atoms with Crippen LogP contribution in [0.3, 0.4) is 0 Å². The molecule has 4 fully saturated rings. The summed E-state index contributed by atoms with van der Waals surface area (Å²) < 4.78 is 10.5. The number of hydrogen-bond donors (Lipinski definition) is 5. The lowest BCUT2D eigenvalue weighted by atomic mass is 9.76. The average Bonchev–Trinajstić information content (AvgIpc) is 2.99. The Hall–Kier alpha value is -2.16. The molecule has 1 spiro atoms. The second-order valence-corrected chi connectivity index (χ2v) is 10.8. The first kappa shape index (κ1) is 22.6. The van der Waals surface area contributed by atoms with E-state index in [1.165, 1.54) is 26.4 Å². The van der Waals surface area contributed by atoms with Gasteiger partial charge < -0.3 is 35.2 Å². The smallest absolute Gasteiger partial charge is 0.272 e. The molecule has 1 aliphatic carbocycles. The molecule has 6 rings (SSSR count). The number of methoxy groups -OCH3 is 2. The molecule has 7 atom stereocenters. The van der Waals surface area contributed by atoms with Crippen molar-refractivity contribution in [3.8, 4) is 17.2 Å². The van der Waals surface area contributed by atoms with Crippen LogP contribution < -0.4 is 14.8 Å². The molecule has 0 radical (unpaired) electrons. The van der Waals surface area contributed by atoms with E-state index in [1.807, 2.05) is 0 Å². The zero-order valence-corrected chi connectivity index (χ0v) is 19.1. The maximum atomic E-state index is 13.5. The molecule has 178 valence electrons. The summed E-state index contributed by atoms with van der Waals surface area (Å²) in [7, 11) is 4.93. The largest absolute Gasteiger partial charge is 0.504 e. The second-order valence-electron chi connectivity index (χ2n) is 8.22. The summed E-state index contributed by atoms with van der Waals surface area (Å²) in [6.07, 6.45) is -1.92. The lowest BCUT2D eigenvalue weighted by Crippen LogP contribution is -2.77. The summed E-state index contributed by atoms with van der Waals surface area (Å²) in [6.45, 7) is 0. The van der Waals surface area contributed by atoms with Crippen LogP contribution in [0.15, 0.2) is 24.3 Å². The van der Waals surface area contributed by atoms with E-state index in [9.17, 15) is 30.0 Å². The van der Waals surface area contributed by atoms with Crippen LogP contribution in [0.5, 0.6) is 17.2 Å². The summed E-state index contributed by atoms with van der Waals surface area (Å²) in [5, 5.41) is 45.7. The van der Waals surface area contributed by atoms with Crippen molar-refractivity contribution in [1.29, 1.82) is 0 Å². The zero-order chi connectivity index (χ0) is 23.7. The van der Waals surface area contributed by atoms with Crippen molar-refractivity contribution in [1.82, 2.24) is 10.4 Å². The third-order valence-electron chi connectivity index (χ3n) is 6.43. The summed E-state index contributed by atoms with van der Waals surface area (Å²) in [4.78, 5) is 30.8. The number of benzene rings is 1. The number of hydroxylamine groups is 2. The molecular weight excluding hydrogens is 476 g/mol. The van der Waals surface area contributed by atoms with E-state index >= 15 is 0 Å². The first-order valence-corrected chi connectivity index (χ1v) is 12.3. The van der Waals surface area contributed by atoms with E-state index in [4.69, 9.17) is 14.3 Å². The number of hydrogen-bond acceptors (Lipinski definition) is 11. The Morgan fingerprint density at radius 1 is 1.21 bits per heavy atom.